The first-order valence-electron chi connectivity index (χ1n) is 9.76. The molecule has 0 N–H and O–H groups in total. The first kappa shape index (κ1) is 19.4. The lowest BCUT2D eigenvalue weighted by Gasteiger charge is -2.07. The SMILES string of the molecule is COc1cc(OC)cc(-c2nc(-c3nnn(-c4ccccc4)c3-c3ccncc3)no2)c1. The summed E-state index contributed by atoms with van der Waals surface area (Å²) in [6.45, 7) is 0. The molecule has 0 amide bonds. The molecule has 0 bridgehead atoms. The fourth-order valence-electron chi connectivity index (χ4n) is 3.32. The lowest BCUT2D eigenvalue weighted by atomic mass is 10.1. The van der Waals surface area contributed by atoms with Gasteiger partial charge in [-0.15, -0.1) is 5.10 Å². The van der Waals surface area contributed by atoms with Gasteiger partial charge in [-0.25, -0.2) is 4.68 Å². The lowest BCUT2D eigenvalue weighted by molar-refractivity contribution is 0.393. The summed E-state index contributed by atoms with van der Waals surface area (Å²) in [6, 6.07) is 18.9. The zero-order valence-corrected chi connectivity index (χ0v) is 17.3. The zero-order valence-electron chi connectivity index (χ0n) is 17.3. The molecule has 0 aliphatic carbocycles. The molecule has 2 aromatic carbocycles. The summed E-state index contributed by atoms with van der Waals surface area (Å²) in [7, 11) is 3.17. The van der Waals surface area contributed by atoms with Gasteiger partial charge in [-0.1, -0.05) is 28.6 Å². The van der Waals surface area contributed by atoms with E-state index in [1.807, 2.05) is 42.5 Å². The standard InChI is InChI=1S/C23H18N6O3/c1-30-18-12-16(13-19(14-18)31-2)23-25-22(27-32-23)20-21(15-8-10-24-11-9-15)29(28-26-20)17-6-4-3-5-7-17/h3-14H,1-2H3. The third kappa shape index (κ3) is 3.56. The maximum absolute atomic E-state index is 5.55. The summed E-state index contributed by atoms with van der Waals surface area (Å²) in [4.78, 5) is 8.69. The normalized spacial score (nSPS) is 10.8. The van der Waals surface area contributed by atoms with Gasteiger partial charge < -0.3 is 14.0 Å². The molecule has 9 heteroatoms. The molecule has 0 radical (unpaired) electrons. The Morgan fingerprint density at radius 3 is 2.25 bits per heavy atom. The monoisotopic (exact) mass is 426 g/mol. The van der Waals surface area contributed by atoms with Gasteiger partial charge in [0.25, 0.3) is 5.89 Å². The molecule has 32 heavy (non-hydrogen) atoms. The Labute approximate surface area is 183 Å². The number of pyridine rings is 1. The molecule has 9 nitrogen and oxygen atoms in total. The van der Waals surface area contributed by atoms with Crippen molar-refractivity contribution in [3.05, 3.63) is 73.1 Å². The van der Waals surface area contributed by atoms with E-state index in [2.05, 4.69) is 25.4 Å². The highest BCUT2D eigenvalue weighted by molar-refractivity contribution is 5.76. The molecule has 0 atom stereocenters. The van der Waals surface area contributed by atoms with Crippen molar-refractivity contribution in [2.24, 2.45) is 0 Å². The summed E-state index contributed by atoms with van der Waals surface area (Å²) >= 11 is 0. The number of methoxy groups -OCH3 is 2. The van der Waals surface area contributed by atoms with Gasteiger partial charge in [-0.2, -0.15) is 4.98 Å². The van der Waals surface area contributed by atoms with Crippen LogP contribution in [0.5, 0.6) is 11.5 Å². The minimum absolute atomic E-state index is 0.312. The molecule has 0 spiro atoms. The van der Waals surface area contributed by atoms with Crippen LogP contribution in [0.4, 0.5) is 0 Å². The number of para-hydroxylation sites is 1. The molecular formula is C23H18N6O3. The van der Waals surface area contributed by atoms with Crippen LogP contribution >= 0.6 is 0 Å². The van der Waals surface area contributed by atoms with Crippen LogP contribution in [0.1, 0.15) is 0 Å². The van der Waals surface area contributed by atoms with E-state index in [0.29, 0.717) is 34.5 Å². The largest absolute Gasteiger partial charge is 0.497 e. The molecule has 3 aromatic heterocycles. The van der Waals surface area contributed by atoms with Crippen molar-refractivity contribution in [1.82, 2.24) is 30.1 Å². The van der Waals surface area contributed by atoms with Crippen molar-refractivity contribution in [3.8, 4) is 51.4 Å². The minimum atomic E-state index is 0.312. The van der Waals surface area contributed by atoms with Crippen LogP contribution in [0.2, 0.25) is 0 Å². The third-order valence-electron chi connectivity index (χ3n) is 4.86. The van der Waals surface area contributed by atoms with Crippen LogP contribution < -0.4 is 9.47 Å². The van der Waals surface area contributed by atoms with Crippen molar-refractivity contribution < 1.29 is 14.0 Å². The summed E-state index contributed by atoms with van der Waals surface area (Å²) in [6.07, 6.45) is 3.43. The maximum atomic E-state index is 5.55. The average molecular weight is 426 g/mol. The molecule has 158 valence electrons. The molecule has 0 fully saturated rings. The van der Waals surface area contributed by atoms with E-state index in [-0.39, 0.29) is 0 Å². The van der Waals surface area contributed by atoms with Crippen LogP contribution in [-0.2, 0) is 0 Å². The van der Waals surface area contributed by atoms with E-state index in [4.69, 9.17) is 14.0 Å². The number of ether oxygens (including phenoxy) is 2. The first-order chi connectivity index (χ1) is 15.8. The molecule has 5 aromatic rings. The minimum Gasteiger partial charge on any atom is -0.497 e. The fourth-order valence-corrected chi connectivity index (χ4v) is 3.32. The second-order valence-corrected chi connectivity index (χ2v) is 6.79. The molecule has 3 heterocycles. The van der Waals surface area contributed by atoms with Gasteiger partial charge in [-0.05, 0) is 36.4 Å². The lowest BCUT2D eigenvalue weighted by Crippen LogP contribution is -1.99. The van der Waals surface area contributed by atoms with Crippen molar-refractivity contribution in [2.45, 2.75) is 0 Å². The van der Waals surface area contributed by atoms with Gasteiger partial charge in [0.15, 0.2) is 5.69 Å². The van der Waals surface area contributed by atoms with E-state index >= 15 is 0 Å². The summed E-state index contributed by atoms with van der Waals surface area (Å²) in [5.74, 6) is 1.86. The fraction of sp³-hybridized carbons (Fsp3) is 0.0870. The summed E-state index contributed by atoms with van der Waals surface area (Å²) in [5.41, 5.74) is 3.62. The van der Waals surface area contributed by atoms with Crippen LogP contribution in [0.15, 0.2) is 77.6 Å². The van der Waals surface area contributed by atoms with Crippen molar-refractivity contribution in [2.75, 3.05) is 14.2 Å². The van der Waals surface area contributed by atoms with Gasteiger partial charge in [-0.3, -0.25) is 4.98 Å². The Balaban J connectivity index is 1.63. The average Bonchev–Trinajstić information content (AvgIpc) is 3.52. The highest BCUT2D eigenvalue weighted by atomic mass is 16.5. The van der Waals surface area contributed by atoms with Gasteiger partial charge in [0, 0.05) is 29.6 Å². The van der Waals surface area contributed by atoms with Gasteiger partial charge in [0.05, 0.1) is 19.9 Å². The Morgan fingerprint density at radius 1 is 0.844 bits per heavy atom. The third-order valence-corrected chi connectivity index (χ3v) is 4.86. The first-order valence-corrected chi connectivity index (χ1v) is 9.76. The van der Waals surface area contributed by atoms with Crippen molar-refractivity contribution in [1.29, 1.82) is 0 Å². The molecule has 0 saturated carbocycles. The molecule has 0 aliphatic heterocycles. The molecule has 5 rings (SSSR count). The predicted octanol–water partition coefficient (Wildman–Crippen LogP) is 4.06. The van der Waals surface area contributed by atoms with Crippen molar-refractivity contribution >= 4 is 0 Å². The predicted molar refractivity (Wildman–Crippen MR) is 116 cm³/mol. The van der Waals surface area contributed by atoms with Gasteiger partial charge in [0.1, 0.15) is 17.2 Å². The molecule has 0 aliphatic rings. The number of aromatic nitrogens is 6. The second-order valence-electron chi connectivity index (χ2n) is 6.79. The molecular weight excluding hydrogens is 408 g/mol. The van der Waals surface area contributed by atoms with Gasteiger partial charge >= 0.3 is 0 Å². The molecule has 0 unspecified atom stereocenters. The second kappa shape index (κ2) is 8.31. The number of hydrogen-bond donors (Lipinski definition) is 0. The van der Waals surface area contributed by atoms with Crippen LogP contribution in [0, 0.1) is 0 Å². The topological polar surface area (TPSA) is 101 Å². The highest BCUT2D eigenvalue weighted by Crippen LogP contribution is 2.33. The zero-order chi connectivity index (χ0) is 21.9. The van der Waals surface area contributed by atoms with E-state index in [1.165, 1.54) is 0 Å². The Morgan fingerprint density at radius 2 is 1.56 bits per heavy atom. The smallest absolute Gasteiger partial charge is 0.258 e. The quantitative estimate of drug-likeness (QED) is 0.401. The summed E-state index contributed by atoms with van der Waals surface area (Å²) < 4.78 is 18.0. The molecule has 0 saturated heterocycles. The number of rotatable bonds is 6. The number of benzene rings is 2. The Bertz CT molecular complexity index is 1330. The Kier molecular flexibility index (Phi) is 5.04. The maximum Gasteiger partial charge on any atom is 0.258 e. The van der Waals surface area contributed by atoms with E-state index < -0.39 is 0 Å². The van der Waals surface area contributed by atoms with E-state index in [1.54, 1.807) is 49.5 Å². The van der Waals surface area contributed by atoms with E-state index in [0.717, 1.165) is 16.9 Å². The van der Waals surface area contributed by atoms with Crippen LogP contribution in [0.3, 0.4) is 0 Å². The highest BCUT2D eigenvalue weighted by Gasteiger charge is 2.23. The Hall–Kier alpha value is -4.53. The van der Waals surface area contributed by atoms with Gasteiger partial charge in [0.2, 0.25) is 5.82 Å². The van der Waals surface area contributed by atoms with E-state index in [9.17, 15) is 0 Å². The van der Waals surface area contributed by atoms with Crippen LogP contribution in [0.25, 0.3) is 39.9 Å². The number of nitrogens with zero attached hydrogens (tertiary/aromatic N) is 6. The summed E-state index contributed by atoms with van der Waals surface area (Å²) in [5, 5.41) is 12.9. The van der Waals surface area contributed by atoms with Crippen LogP contribution in [-0.4, -0.2) is 44.3 Å². The van der Waals surface area contributed by atoms with Crippen molar-refractivity contribution in [3.63, 3.8) is 0 Å². The number of hydrogen-bond acceptors (Lipinski definition) is 8.